The molecule has 8 nitrogen and oxygen atoms in total. The van der Waals surface area contributed by atoms with Crippen molar-refractivity contribution in [1.29, 1.82) is 0 Å². The van der Waals surface area contributed by atoms with Crippen LogP contribution in [0.4, 0.5) is 5.00 Å². The zero-order valence-corrected chi connectivity index (χ0v) is 17.0. The lowest BCUT2D eigenvalue weighted by molar-refractivity contribution is -0.117. The van der Waals surface area contributed by atoms with Crippen molar-refractivity contribution < 1.29 is 14.3 Å². The van der Waals surface area contributed by atoms with Crippen molar-refractivity contribution in [1.82, 2.24) is 20.2 Å². The molecular weight excluding hydrogens is 390 g/mol. The SMILES string of the molecule is COC(=O)c1c(NC(=O)Cn2nnc(-c3ccccc3)n2)sc2c1CC[C@@H](C)C2. The lowest BCUT2D eigenvalue weighted by atomic mass is 9.88. The summed E-state index contributed by atoms with van der Waals surface area (Å²) in [5, 5.41) is 15.6. The zero-order chi connectivity index (χ0) is 20.4. The molecule has 0 spiro atoms. The number of carbonyl (C=O) groups is 2. The second-order valence-electron chi connectivity index (χ2n) is 7.11. The molecule has 3 aromatic rings. The fourth-order valence-electron chi connectivity index (χ4n) is 3.46. The van der Waals surface area contributed by atoms with Crippen LogP contribution in [0.15, 0.2) is 30.3 Å². The molecule has 2 aromatic heterocycles. The largest absolute Gasteiger partial charge is 0.465 e. The van der Waals surface area contributed by atoms with E-state index in [0.717, 1.165) is 35.3 Å². The summed E-state index contributed by atoms with van der Waals surface area (Å²) in [6, 6.07) is 9.43. The van der Waals surface area contributed by atoms with Gasteiger partial charge in [-0.25, -0.2) is 4.79 Å². The van der Waals surface area contributed by atoms with Gasteiger partial charge in [0.2, 0.25) is 11.7 Å². The van der Waals surface area contributed by atoms with Gasteiger partial charge in [-0.15, -0.1) is 21.5 Å². The van der Waals surface area contributed by atoms with Gasteiger partial charge in [-0.1, -0.05) is 37.3 Å². The van der Waals surface area contributed by atoms with Gasteiger partial charge in [-0.3, -0.25) is 4.79 Å². The summed E-state index contributed by atoms with van der Waals surface area (Å²) in [6.07, 6.45) is 2.75. The lowest BCUT2D eigenvalue weighted by Gasteiger charge is -2.18. The third-order valence-electron chi connectivity index (χ3n) is 4.92. The molecule has 0 saturated heterocycles. The molecule has 1 aliphatic carbocycles. The Morgan fingerprint density at radius 1 is 1.31 bits per heavy atom. The minimum absolute atomic E-state index is 0.0978. The topological polar surface area (TPSA) is 99.0 Å². The van der Waals surface area contributed by atoms with Crippen molar-refractivity contribution in [2.75, 3.05) is 12.4 Å². The van der Waals surface area contributed by atoms with E-state index in [1.165, 1.54) is 23.2 Å². The van der Waals surface area contributed by atoms with Gasteiger partial charge in [0.15, 0.2) is 0 Å². The molecule has 29 heavy (non-hydrogen) atoms. The summed E-state index contributed by atoms with van der Waals surface area (Å²) in [6.45, 7) is 2.10. The minimum Gasteiger partial charge on any atom is -0.465 e. The van der Waals surface area contributed by atoms with E-state index < -0.39 is 5.97 Å². The summed E-state index contributed by atoms with van der Waals surface area (Å²) in [7, 11) is 1.36. The van der Waals surface area contributed by atoms with E-state index >= 15 is 0 Å². The van der Waals surface area contributed by atoms with Crippen molar-refractivity contribution in [2.24, 2.45) is 5.92 Å². The molecule has 0 saturated carbocycles. The van der Waals surface area contributed by atoms with Crippen LogP contribution in [0.1, 0.15) is 34.1 Å². The normalized spacial score (nSPS) is 15.6. The first-order valence-corrected chi connectivity index (χ1v) is 10.2. The van der Waals surface area contributed by atoms with Crippen LogP contribution in [0.2, 0.25) is 0 Å². The molecule has 1 N–H and O–H groups in total. The number of hydrogen-bond donors (Lipinski definition) is 1. The highest BCUT2D eigenvalue weighted by Crippen LogP contribution is 2.40. The number of thiophene rings is 1. The third kappa shape index (κ3) is 4.04. The molecule has 1 atom stereocenters. The van der Waals surface area contributed by atoms with Crippen molar-refractivity contribution in [3.63, 3.8) is 0 Å². The van der Waals surface area contributed by atoms with Gasteiger partial charge >= 0.3 is 5.97 Å². The van der Waals surface area contributed by atoms with Crippen molar-refractivity contribution in [3.05, 3.63) is 46.3 Å². The summed E-state index contributed by atoms with van der Waals surface area (Å²) in [5.74, 6) is 0.275. The van der Waals surface area contributed by atoms with Crippen molar-refractivity contribution in [2.45, 2.75) is 32.7 Å². The number of esters is 1. The van der Waals surface area contributed by atoms with E-state index in [-0.39, 0.29) is 12.5 Å². The predicted molar refractivity (Wildman–Crippen MR) is 109 cm³/mol. The lowest BCUT2D eigenvalue weighted by Crippen LogP contribution is -2.21. The molecule has 0 unspecified atom stereocenters. The predicted octanol–water partition coefficient (Wildman–Crippen LogP) is 2.95. The van der Waals surface area contributed by atoms with E-state index in [2.05, 4.69) is 27.7 Å². The smallest absolute Gasteiger partial charge is 0.341 e. The number of carbonyl (C=O) groups excluding carboxylic acids is 2. The molecule has 150 valence electrons. The average Bonchev–Trinajstić information content (AvgIpc) is 3.32. The Morgan fingerprint density at radius 2 is 2.10 bits per heavy atom. The Hall–Kier alpha value is -3.07. The number of aromatic nitrogens is 4. The zero-order valence-electron chi connectivity index (χ0n) is 16.2. The van der Waals surface area contributed by atoms with Gasteiger partial charge in [0.05, 0.1) is 12.7 Å². The number of hydrogen-bond acceptors (Lipinski definition) is 7. The van der Waals surface area contributed by atoms with Gasteiger partial charge in [-0.2, -0.15) is 4.80 Å². The Kier molecular flexibility index (Phi) is 5.39. The van der Waals surface area contributed by atoms with E-state index in [0.29, 0.717) is 22.3 Å². The van der Waals surface area contributed by atoms with E-state index in [9.17, 15) is 9.59 Å². The standard InChI is InChI=1S/C20H21N5O3S/c1-12-8-9-14-15(10-12)29-19(17(14)20(27)28-2)21-16(26)11-25-23-18(22-24-25)13-6-4-3-5-7-13/h3-7,12H,8-11H2,1-2H3,(H,21,26)/t12-/m1/s1. The molecule has 0 aliphatic heterocycles. The van der Waals surface area contributed by atoms with Gasteiger partial charge in [-0.05, 0) is 36.0 Å². The minimum atomic E-state index is -0.419. The van der Waals surface area contributed by atoms with E-state index in [4.69, 9.17) is 4.74 Å². The van der Waals surface area contributed by atoms with Gasteiger partial charge < -0.3 is 10.1 Å². The molecule has 0 bridgehead atoms. The fourth-order valence-corrected chi connectivity index (χ4v) is 4.88. The summed E-state index contributed by atoms with van der Waals surface area (Å²) < 4.78 is 4.96. The van der Waals surface area contributed by atoms with Crippen molar-refractivity contribution >= 4 is 28.2 Å². The molecule has 1 aromatic carbocycles. The number of methoxy groups -OCH3 is 1. The Labute approximate surface area is 171 Å². The first-order chi connectivity index (χ1) is 14.0. The van der Waals surface area contributed by atoms with Crippen LogP contribution in [0.25, 0.3) is 11.4 Å². The number of nitrogens with zero attached hydrogens (tertiary/aromatic N) is 4. The molecule has 2 heterocycles. The van der Waals surface area contributed by atoms with Gasteiger partial charge in [0, 0.05) is 10.4 Å². The van der Waals surface area contributed by atoms with Crippen LogP contribution in [0.3, 0.4) is 0 Å². The average molecular weight is 411 g/mol. The summed E-state index contributed by atoms with van der Waals surface area (Å²) in [4.78, 5) is 27.3. The van der Waals surface area contributed by atoms with Gasteiger partial charge in [0.1, 0.15) is 11.5 Å². The first-order valence-electron chi connectivity index (χ1n) is 9.41. The monoisotopic (exact) mass is 411 g/mol. The van der Waals surface area contributed by atoms with Crippen LogP contribution in [0.5, 0.6) is 0 Å². The van der Waals surface area contributed by atoms with E-state index in [1.54, 1.807) is 0 Å². The highest BCUT2D eigenvalue weighted by Gasteiger charge is 2.29. The molecule has 9 heteroatoms. The third-order valence-corrected chi connectivity index (χ3v) is 6.09. The maximum absolute atomic E-state index is 12.6. The highest BCUT2D eigenvalue weighted by molar-refractivity contribution is 7.17. The Bertz CT molecular complexity index is 1040. The maximum atomic E-state index is 12.6. The Balaban J connectivity index is 1.52. The van der Waals surface area contributed by atoms with Crippen LogP contribution >= 0.6 is 11.3 Å². The second-order valence-corrected chi connectivity index (χ2v) is 8.21. The first kappa shape index (κ1) is 19.3. The van der Waals surface area contributed by atoms with Crippen molar-refractivity contribution in [3.8, 4) is 11.4 Å². The number of nitrogens with one attached hydrogen (secondary N) is 1. The highest BCUT2D eigenvalue weighted by atomic mass is 32.1. The molecule has 4 rings (SSSR count). The fraction of sp³-hybridized carbons (Fsp3) is 0.350. The number of ether oxygens (including phenoxy) is 1. The number of amides is 1. The number of anilines is 1. The molecule has 1 amide bonds. The Morgan fingerprint density at radius 3 is 2.86 bits per heavy atom. The second kappa shape index (κ2) is 8.12. The number of rotatable bonds is 5. The number of benzene rings is 1. The number of tetrazole rings is 1. The molecule has 1 aliphatic rings. The summed E-state index contributed by atoms with van der Waals surface area (Å²) >= 11 is 1.45. The van der Waals surface area contributed by atoms with Gasteiger partial charge in [0.25, 0.3) is 0 Å². The molecule has 0 radical (unpaired) electrons. The maximum Gasteiger partial charge on any atom is 0.341 e. The number of fused-ring (bicyclic) bond motifs is 1. The van der Waals surface area contributed by atoms with Crippen LogP contribution in [0, 0.1) is 5.92 Å². The van der Waals surface area contributed by atoms with Crippen LogP contribution < -0.4 is 5.32 Å². The van der Waals surface area contributed by atoms with Crippen LogP contribution in [-0.4, -0.2) is 39.2 Å². The quantitative estimate of drug-likeness (QED) is 0.648. The summed E-state index contributed by atoms with van der Waals surface area (Å²) in [5.41, 5.74) is 2.30. The molecular formula is C20H21N5O3S. The molecule has 0 fully saturated rings. The van der Waals surface area contributed by atoms with Crippen LogP contribution in [-0.2, 0) is 28.9 Å². The van der Waals surface area contributed by atoms with E-state index in [1.807, 2.05) is 30.3 Å².